The van der Waals surface area contributed by atoms with E-state index in [0.29, 0.717) is 22.4 Å². The molecule has 33 heavy (non-hydrogen) atoms. The molecule has 0 bridgehead atoms. The summed E-state index contributed by atoms with van der Waals surface area (Å²) in [4.78, 5) is 52.3. The van der Waals surface area contributed by atoms with Gasteiger partial charge in [0.1, 0.15) is 12.1 Å². The molecule has 2 aromatic carbocycles. The second-order valence-electron chi connectivity index (χ2n) is 8.95. The number of carbonyl (C=O) groups excluding carboxylic acids is 4. The molecule has 2 aromatic rings. The van der Waals surface area contributed by atoms with Gasteiger partial charge in [0.15, 0.2) is 0 Å². The maximum Gasteiger partial charge on any atom is 0.338 e. The van der Waals surface area contributed by atoms with Crippen LogP contribution >= 0.6 is 0 Å². The number of hydrogen-bond acceptors (Lipinski definition) is 5. The van der Waals surface area contributed by atoms with Crippen LogP contribution in [0.1, 0.15) is 77.0 Å². The highest BCUT2D eigenvalue weighted by atomic mass is 16.5. The van der Waals surface area contributed by atoms with E-state index in [9.17, 15) is 19.2 Å². The lowest BCUT2D eigenvalue weighted by Crippen LogP contribution is -2.50. The molecule has 7 heteroatoms. The first-order valence-electron chi connectivity index (χ1n) is 11.5. The highest BCUT2D eigenvalue weighted by molar-refractivity contribution is 6.23. The van der Waals surface area contributed by atoms with Crippen LogP contribution in [0.5, 0.6) is 0 Å². The fraction of sp³-hybridized carbons (Fsp3) is 0.385. The molecule has 1 aliphatic heterocycles. The fourth-order valence-corrected chi connectivity index (χ4v) is 4.49. The number of anilines is 1. The minimum absolute atomic E-state index is 0.0305. The van der Waals surface area contributed by atoms with E-state index in [1.807, 2.05) is 0 Å². The number of esters is 1. The quantitative estimate of drug-likeness (QED) is 0.521. The van der Waals surface area contributed by atoms with E-state index < -0.39 is 23.8 Å². The summed E-state index contributed by atoms with van der Waals surface area (Å²) in [6.45, 7) is 3.58. The summed E-state index contributed by atoms with van der Waals surface area (Å²) in [5.41, 5.74) is 1.50. The lowest BCUT2D eigenvalue weighted by molar-refractivity contribution is -0.121. The summed E-state index contributed by atoms with van der Waals surface area (Å²) in [6.07, 6.45) is 5.10. The predicted molar refractivity (Wildman–Crippen MR) is 123 cm³/mol. The average molecular weight is 449 g/mol. The molecule has 1 N–H and O–H groups in total. The Morgan fingerprint density at radius 3 is 2.03 bits per heavy atom. The first-order chi connectivity index (χ1) is 15.9. The molecule has 3 amide bonds. The molecule has 1 aliphatic carbocycles. The molecule has 1 unspecified atom stereocenters. The molecule has 0 radical (unpaired) electrons. The van der Waals surface area contributed by atoms with Crippen molar-refractivity contribution in [3.63, 3.8) is 0 Å². The van der Waals surface area contributed by atoms with Crippen LogP contribution in [0.3, 0.4) is 0 Å². The Hall–Kier alpha value is -3.48. The third-order valence-electron chi connectivity index (χ3n) is 6.22. The fourth-order valence-electron chi connectivity index (χ4n) is 4.49. The van der Waals surface area contributed by atoms with Gasteiger partial charge in [0.05, 0.1) is 16.7 Å². The number of nitrogens with one attached hydrogen (secondary N) is 1. The molecule has 4 rings (SSSR count). The maximum absolute atomic E-state index is 13.1. The van der Waals surface area contributed by atoms with E-state index in [1.54, 1.807) is 62.4 Å². The predicted octanol–water partition coefficient (Wildman–Crippen LogP) is 4.44. The Kier molecular flexibility index (Phi) is 6.58. The molecule has 0 aromatic heterocycles. The number of carbonyl (C=O) groups is 4. The van der Waals surface area contributed by atoms with Crippen LogP contribution in [0.4, 0.5) is 5.69 Å². The van der Waals surface area contributed by atoms with Crippen molar-refractivity contribution in [3.8, 4) is 0 Å². The minimum atomic E-state index is -0.964. The van der Waals surface area contributed by atoms with Crippen molar-refractivity contribution in [1.29, 1.82) is 0 Å². The zero-order valence-corrected chi connectivity index (χ0v) is 18.9. The van der Waals surface area contributed by atoms with Crippen LogP contribution in [0, 0.1) is 5.92 Å². The van der Waals surface area contributed by atoms with E-state index in [4.69, 9.17) is 4.74 Å². The molecule has 172 valence electrons. The molecule has 7 nitrogen and oxygen atoms in total. The highest BCUT2D eigenvalue weighted by Gasteiger charge is 2.43. The van der Waals surface area contributed by atoms with Gasteiger partial charge in [-0.05, 0) is 68.0 Å². The van der Waals surface area contributed by atoms with Crippen LogP contribution in [0.2, 0.25) is 0 Å². The van der Waals surface area contributed by atoms with Gasteiger partial charge in [-0.25, -0.2) is 4.79 Å². The van der Waals surface area contributed by atoms with Crippen molar-refractivity contribution in [2.24, 2.45) is 5.92 Å². The molecule has 0 saturated heterocycles. The Morgan fingerprint density at radius 2 is 1.48 bits per heavy atom. The number of fused-ring (bicyclic) bond motifs is 1. The van der Waals surface area contributed by atoms with Crippen molar-refractivity contribution < 1.29 is 23.9 Å². The van der Waals surface area contributed by atoms with Gasteiger partial charge in [0.2, 0.25) is 5.91 Å². The van der Waals surface area contributed by atoms with Crippen LogP contribution in [0.15, 0.2) is 48.5 Å². The number of hydrogen-bond donors (Lipinski definition) is 1. The topological polar surface area (TPSA) is 92.8 Å². The number of benzene rings is 2. The largest absolute Gasteiger partial charge is 0.459 e. The zero-order valence-electron chi connectivity index (χ0n) is 18.9. The molecule has 1 atom stereocenters. The smallest absolute Gasteiger partial charge is 0.338 e. The maximum atomic E-state index is 13.1. The first kappa shape index (κ1) is 22.7. The van der Waals surface area contributed by atoms with Gasteiger partial charge in [0.25, 0.3) is 11.8 Å². The second kappa shape index (κ2) is 9.57. The summed E-state index contributed by atoms with van der Waals surface area (Å²) >= 11 is 0. The number of ether oxygens (including phenoxy) is 1. The van der Waals surface area contributed by atoms with Gasteiger partial charge in [-0.3, -0.25) is 19.3 Å². The summed E-state index contributed by atoms with van der Waals surface area (Å²) in [5, 5.41) is 2.78. The minimum Gasteiger partial charge on any atom is -0.459 e. The van der Waals surface area contributed by atoms with Gasteiger partial charge in [-0.2, -0.15) is 0 Å². The number of amides is 3. The van der Waals surface area contributed by atoms with Crippen molar-refractivity contribution in [1.82, 2.24) is 4.90 Å². The Balaban J connectivity index is 1.44. The van der Waals surface area contributed by atoms with Gasteiger partial charge in [-0.1, -0.05) is 32.4 Å². The van der Waals surface area contributed by atoms with E-state index in [1.165, 1.54) is 6.42 Å². The monoisotopic (exact) mass is 448 g/mol. The molecular formula is C26H28N2O5. The molecule has 1 fully saturated rings. The standard InChI is InChI=1S/C26H28N2O5/c1-16(2)22(28-24(30)20-10-6-7-11-21(20)25(28)31)23(29)27-18-14-12-17(13-15-18)26(32)33-19-8-4-3-5-9-19/h6-7,10-16,19,22H,3-5,8-9H2,1-2H3,(H,27,29). The van der Waals surface area contributed by atoms with Crippen molar-refractivity contribution in [2.75, 3.05) is 5.32 Å². The third-order valence-corrected chi connectivity index (χ3v) is 6.22. The van der Waals surface area contributed by atoms with E-state index in [2.05, 4.69) is 5.32 Å². The van der Waals surface area contributed by atoms with E-state index in [-0.39, 0.29) is 18.0 Å². The lowest BCUT2D eigenvalue weighted by atomic mass is 9.98. The third kappa shape index (κ3) is 4.67. The van der Waals surface area contributed by atoms with Crippen LogP contribution in [0.25, 0.3) is 0 Å². The van der Waals surface area contributed by atoms with Gasteiger partial charge in [0, 0.05) is 5.69 Å². The molecule has 1 saturated carbocycles. The van der Waals surface area contributed by atoms with Crippen molar-refractivity contribution in [3.05, 3.63) is 65.2 Å². The Labute approximate surface area is 193 Å². The van der Waals surface area contributed by atoms with E-state index >= 15 is 0 Å². The number of nitrogens with zero attached hydrogens (tertiary/aromatic N) is 1. The zero-order chi connectivity index (χ0) is 23.5. The summed E-state index contributed by atoms with van der Waals surface area (Å²) in [6, 6.07) is 12.1. The number of rotatable bonds is 6. The molecule has 2 aliphatic rings. The average Bonchev–Trinajstić information content (AvgIpc) is 3.05. The Morgan fingerprint density at radius 1 is 0.909 bits per heavy atom. The summed E-state index contributed by atoms with van der Waals surface area (Å²) < 4.78 is 5.58. The SMILES string of the molecule is CC(C)C(C(=O)Nc1ccc(C(=O)OC2CCCCC2)cc1)N1C(=O)c2ccccc2C1=O. The van der Waals surface area contributed by atoms with Gasteiger partial charge < -0.3 is 10.1 Å². The summed E-state index contributed by atoms with van der Waals surface area (Å²) in [7, 11) is 0. The van der Waals surface area contributed by atoms with Crippen LogP contribution in [-0.4, -0.2) is 40.7 Å². The van der Waals surface area contributed by atoms with Gasteiger partial charge >= 0.3 is 5.97 Å². The normalized spacial score (nSPS) is 17.1. The van der Waals surface area contributed by atoms with Crippen LogP contribution < -0.4 is 5.32 Å². The van der Waals surface area contributed by atoms with Crippen LogP contribution in [-0.2, 0) is 9.53 Å². The first-order valence-corrected chi connectivity index (χ1v) is 11.5. The van der Waals surface area contributed by atoms with Crippen molar-refractivity contribution >= 4 is 29.4 Å². The van der Waals surface area contributed by atoms with Gasteiger partial charge in [-0.15, -0.1) is 0 Å². The lowest BCUT2D eigenvalue weighted by Gasteiger charge is -2.28. The Bertz CT molecular complexity index is 1040. The van der Waals surface area contributed by atoms with E-state index in [0.717, 1.165) is 30.6 Å². The molecule has 1 heterocycles. The number of imide groups is 1. The summed E-state index contributed by atoms with van der Waals surface area (Å²) in [5.74, 6) is -2.06. The second-order valence-corrected chi connectivity index (χ2v) is 8.95. The van der Waals surface area contributed by atoms with Crippen molar-refractivity contribution in [2.45, 2.75) is 58.1 Å². The molecular weight excluding hydrogens is 420 g/mol. The highest BCUT2D eigenvalue weighted by Crippen LogP contribution is 2.28. The molecule has 0 spiro atoms.